The molecule has 1 aliphatic rings. The van der Waals surface area contributed by atoms with Crippen LogP contribution < -0.4 is 16.0 Å². The first-order valence-electron chi connectivity index (χ1n) is 5.51. The van der Waals surface area contributed by atoms with Crippen molar-refractivity contribution >= 4 is 23.5 Å². The quantitative estimate of drug-likeness (QED) is 0.642. The molecule has 0 fully saturated rings. The number of amides is 4. The van der Waals surface area contributed by atoms with E-state index in [9.17, 15) is 14.4 Å². The number of imide groups is 1. The Hall–Kier alpha value is -2.37. The van der Waals surface area contributed by atoms with Crippen LogP contribution in [0, 0.1) is 0 Å². The molecule has 0 radical (unpaired) electrons. The van der Waals surface area contributed by atoms with Crippen LogP contribution in [-0.4, -0.2) is 24.9 Å². The van der Waals surface area contributed by atoms with Gasteiger partial charge in [-0.1, -0.05) is 6.07 Å². The molecule has 1 atom stereocenters. The second-order valence-corrected chi connectivity index (χ2v) is 4.05. The minimum Gasteiger partial charge on any atom is -0.341 e. The Bertz CT molecular complexity index is 539. The highest BCUT2D eigenvalue weighted by Crippen LogP contribution is 2.26. The van der Waals surface area contributed by atoms with Crippen LogP contribution in [0.1, 0.15) is 28.8 Å². The molecule has 0 aromatic heterocycles. The number of benzene rings is 1. The highest BCUT2D eigenvalue weighted by atomic mass is 16.2. The van der Waals surface area contributed by atoms with Crippen molar-refractivity contribution in [1.82, 2.24) is 10.6 Å². The summed E-state index contributed by atoms with van der Waals surface area (Å²) < 4.78 is 0. The van der Waals surface area contributed by atoms with Gasteiger partial charge in [0.15, 0.2) is 0 Å². The van der Waals surface area contributed by atoms with Gasteiger partial charge in [-0.2, -0.15) is 0 Å². The molecule has 0 saturated heterocycles. The molecule has 0 aliphatic carbocycles. The zero-order chi connectivity index (χ0) is 13.3. The number of hydrogen-bond donors (Lipinski definition) is 3. The van der Waals surface area contributed by atoms with Crippen LogP contribution >= 0.6 is 0 Å². The minimum absolute atomic E-state index is 0.306. The monoisotopic (exact) mass is 247 g/mol. The highest BCUT2D eigenvalue weighted by molar-refractivity contribution is 6.12. The molecule has 0 bridgehead atoms. The Morgan fingerprint density at radius 1 is 1.33 bits per heavy atom. The van der Waals surface area contributed by atoms with Gasteiger partial charge in [0.1, 0.15) is 0 Å². The standard InChI is InChI=1S/C12H13N3O3/c1-6-8-4-3-7(14-12(18)13-2)5-9(8)11(17)15-10(6)16/h3-6H,1-2H3,(H2,13,14,18)(H,15,16,17). The molecular weight excluding hydrogens is 234 g/mol. The molecule has 0 saturated carbocycles. The zero-order valence-electron chi connectivity index (χ0n) is 10.0. The molecule has 18 heavy (non-hydrogen) atoms. The molecule has 1 aliphatic heterocycles. The molecule has 1 unspecified atom stereocenters. The van der Waals surface area contributed by atoms with Crippen LogP contribution in [0.4, 0.5) is 10.5 Å². The summed E-state index contributed by atoms with van der Waals surface area (Å²) in [5.41, 5.74) is 1.59. The Morgan fingerprint density at radius 3 is 2.72 bits per heavy atom. The largest absolute Gasteiger partial charge is 0.341 e. The highest BCUT2D eigenvalue weighted by Gasteiger charge is 2.29. The second kappa shape index (κ2) is 4.48. The number of rotatable bonds is 1. The van der Waals surface area contributed by atoms with E-state index >= 15 is 0 Å². The van der Waals surface area contributed by atoms with Crippen molar-refractivity contribution in [2.24, 2.45) is 0 Å². The van der Waals surface area contributed by atoms with Gasteiger partial charge in [0, 0.05) is 18.3 Å². The number of carbonyl (C=O) groups is 3. The van der Waals surface area contributed by atoms with Crippen molar-refractivity contribution in [3.05, 3.63) is 29.3 Å². The van der Waals surface area contributed by atoms with Gasteiger partial charge >= 0.3 is 6.03 Å². The van der Waals surface area contributed by atoms with Crippen LogP contribution in [0.25, 0.3) is 0 Å². The summed E-state index contributed by atoms with van der Waals surface area (Å²) in [7, 11) is 1.50. The normalized spacial score (nSPS) is 17.8. The van der Waals surface area contributed by atoms with E-state index in [-0.39, 0.29) is 17.9 Å². The summed E-state index contributed by atoms with van der Waals surface area (Å²) in [4.78, 5) is 34.3. The molecule has 4 amide bonds. The molecule has 94 valence electrons. The summed E-state index contributed by atoms with van der Waals surface area (Å²) >= 11 is 0. The molecule has 1 aromatic carbocycles. The van der Waals surface area contributed by atoms with Crippen molar-refractivity contribution in [3.8, 4) is 0 Å². The SMILES string of the molecule is CNC(=O)Nc1ccc2c(c1)C(=O)NC(=O)C2C. The fourth-order valence-electron chi connectivity index (χ4n) is 1.83. The van der Waals surface area contributed by atoms with Crippen molar-refractivity contribution in [3.63, 3.8) is 0 Å². The van der Waals surface area contributed by atoms with Gasteiger partial charge in [0.2, 0.25) is 5.91 Å². The maximum absolute atomic E-state index is 11.7. The minimum atomic E-state index is -0.436. The smallest absolute Gasteiger partial charge is 0.318 e. The second-order valence-electron chi connectivity index (χ2n) is 4.05. The van der Waals surface area contributed by atoms with Crippen molar-refractivity contribution in [1.29, 1.82) is 0 Å². The van der Waals surface area contributed by atoms with Crippen LogP contribution in [0.5, 0.6) is 0 Å². The van der Waals surface area contributed by atoms with Gasteiger partial charge in [0.05, 0.1) is 5.92 Å². The maximum Gasteiger partial charge on any atom is 0.318 e. The zero-order valence-corrected chi connectivity index (χ0v) is 10.0. The first-order valence-corrected chi connectivity index (χ1v) is 5.51. The lowest BCUT2D eigenvalue weighted by Crippen LogP contribution is -2.39. The first kappa shape index (κ1) is 12.1. The predicted molar refractivity (Wildman–Crippen MR) is 65.4 cm³/mol. The van der Waals surface area contributed by atoms with E-state index in [1.807, 2.05) is 0 Å². The lowest BCUT2D eigenvalue weighted by atomic mass is 9.91. The van der Waals surface area contributed by atoms with E-state index < -0.39 is 5.91 Å². The third kappa shape index (κ3) is 2.04. The van der Waals surface area contributed by atoms with Crippen LogP contribution in [-0.2, 0) is 4.79 Å². The number of nitrogens with one attached hydrogen (secondary N) is 3. The summed E-state index contributed by atoms with van der Waals surface area (Å²) in [6.45, 7) is 1.73. The molecule has 6 nitrogen and oxygen atoms in total. The Balaban J connectivity index is 2.37. The van der Waals surface area contributed by atoms with Crippen LogP contribution in [0.15, 0.2) is 18.2 Å². The van der Waals surface area contributed by atoms with Gasteiger partial charge in [0.25, 0.3) is 5.91 Å². The number of fused-ring (bicyclic) bond motifs is 1. The van der Waals surface area contributed by atoms with E-state index in [0.29, 0.717) is 16.8 Å². The van der Waals surface area contributed by atoms with Gasteiger partial charge in [-0.15, -0.1) is 0 Å². The average molecular weight is 247 g/mol. The Kier molecular flexibility index (Phi) is 3.01. The van der Waals surface area contributed by atoms with Gasteiger partial charge < -0.3 is 10.6 Å². The summed E-state index contributed by atoms with van der Waals surface area (Å²) in [5, 5.41) is 7.26. The van der Waals surface area contributed by atoms with Crippen molar-refractivity contribution < 1.29 is 14.4 Å². The lowest BCUT2D eigenvalue weighted by molar-refractivity contribution is -0.121. The molecule has 1 heterocycles. The average Bonchev–Trinajstić information content (AvgIpc) is 2.36. The Morgan fingerprint density at radius 2 is 2.06 bits per heavy atom. The van der Waals surface area contributed by atoms with E-state index in [1.54, 1.807) is 25.1 Å². The van der Waals surface area contributed by atoms with E-state index in [0.717, 1.165) is 0 Å². The number of hydrogen-bond acceptors (Lipinski definition) is 3. The van der Waals surface area contributed by atoms with Crippen molar-refractivity contribution in [2.75, 3.05) is 12.4 Å². The fourth-order valence-corrected chi connectivity index (χ4v) is 1.83. The molecule has 3 N–H and O–H groups in total. The number of urea groups is 1. The van der Waals surface area contributed by atoms with E-state index in [2.05, 4.69) is 16.0 Å². The summed E-state index contributed by atoms with van der Waals surface area (Å²) in [6, 6.07) is 4.54. The Labute approximate surface area is 104 Å². The lowest BCUT2D eigenvalue weighted by Gasteiger charge is -2.21. The summed E-state index contributed by atoms with van der Waals surface area (Å²) in [5.74, 6) is -1.11. The maximum atomic E-state index is 11.7. The van der Waals surface area contributed by atoms with Gasteiger partial charge in [-0.05, 0) is 24.6 Å². The van der Waals surface area contributed by atoms with E-state index in [4.69, 9.17) is 0 Å². The first-order chi connectivity index (χ1) is 8.52. The van der Waals surface area contributed by atoms with Gasteiger partial charge in [-0.25, -0.2) is 4.79 Å². The number of carbonyl (C=O) groups excluding carboxylic acids is 3. The van der Waals surface area contributed by atoms with E-state index in [1.165, 1.54) is 7.05 Å². The molecule has 6 heteroatoms. The third-order valence-electron chi connectivity index (χ3n) is 2.88. The summed E-state index contributed by atoms with van der Waals surface area (Å²) in [6.07, 6.45) is 0. The van der Waals surface area contributed by atoms with Gasteiger partial charge in [-0.3, -0.25) is 14.9 Å². The number of anilines is 1. The van der Waals surface area contributed by atoms with Crippen molar-refractivity contribution in [2.45, 2.75) is 12.8 Å². The van der Waals surface area contributed by atoms with Crippen LogP contribution in [0.2, 0.25) is 0 Å². The molecular formula is C12H13N3O3. The predicted octanol–water partition coefficient (Wildman–Crippen LogP) is 0.811. The molecule has 1 aromatic rings. The molecule has 0 spiro atoms. The fraction of sp³-hybridized carbons (Fsp3) is 0.250. The molecule has 2 rings (SSSR count). The topological polar surface area (TPSA) is 87.3 Å². The third-order valence-corrected chi connectivity index (χ3v) is 2.88. The van der Waals surface area contributed by atoms with Crippen LogP contribution in [0.3, 0.4) is 0 Å².